The van der Waals surface area contributed by atoms with Crippen molar-refractivity contribution in [3.05, 3.63) is 146 Å². The topological polar surface area (TPSA) is 98.0 Å². The highest BCUT2D eigenvalue weighted by molar-refractivity contribution is 6.08. The molecule has 6 heterocycles. The number of aromatic nitrogens is 2. The van der Waals surface area contributed by atoms with Crippen LogP contribution in [-0.2, 0) is 0 Å². The lowest BCUT2D eigenvalue weighted by Gasteiger charge is -2.22. The van der Waals surface area contributed by atoms with Crippen LogP contribution in [0, 0.1) is 0 Å². The Bertz CT molecular complexity index is 2860. The molecule has 0 spiro atoms. The summed E-state index contributed by atoms with van der Waals surface area (Å²) < 4.78 is 30.7. The second-order valence-corrected chi connectivity index (χ2v) is 12.3. The Kier molecular flexibility index (Phi) is 5.76. The summed E-state index contributed by atoms with van der Waals surface area (Å²) in [5.74, 6) is 1.60. The van der Waals surface area contributed by atoms with Gasteiger partial charge in [-0.3, -0.25) is 4.90 Å². The van der Waals surface area contributed by atoms with Crippen LogP contribution in [0.3, 0.4) is 0 Å². The van der Waals surface area contributed by atoms with Gasteiger partial charge in [-0.1, -0.05) is 36.4 Å². The van der Waals surface area contributed by atoms with E-state index >= 15 is 0 Å². The number of para-hydroxylation sites is 2. The Morgan fingerprint density at radius 1 is 0.412 bits per heavy atom. The highest BCUT2D eigenvalue weighted by Gasteiger charge is 2.23. The molecule has 0 unspecified atom stereocenters. The van der Waals surface area contributed by atoms with Crippen LogP contribution in [0.15, 0.2) is 168 Å². The average Bonchev–Trinajstić information content (AvgIpc) is 4.01. The van der Waals surface area contributed by atoms with Gasteiger partial charge in [0.1, 0.15) is 27.9 Å². The first-order valence-electron chi connectivity index (χ1n) is 16.4. The molecule has 0 saturated carbocycles. The molecule has 0 fully saturated rings. The summed E-state index contributed by atoms with van der Waals surface area (Å²) in [6.07, 6.45) is 5.08. The standard InChI is InChI=1S/C42H24N4O5/c1-3-9-34-28(7-1)30-16-13-25(21-36(30)49-34)45(39-11-5-19-47-39)26-14-18-32-33-24-43-42(44-41(33)51-38(32)22-26)46(40-12-6-20-48-40)27-15-17-31-29-8-2-4-10-35(29)50-37(31)23-27/h1-24H. The lowest BCUT2D eigenvalue weighted by Crippen LogP contribution is -2.12. The number of anilines is 6. The summed E-state index contributed by atoms with van der Waals surface area (Å²) >= 11 is 0. The van der Waals surface area contributed by atoms with E-state index in [0.29, 0.717) is 29.0 Å². The van der Waals surface area contributed by atoms with Crippen LogP contribution >= 0.6 is 0 Å². The Balaban J connectivity index is 1.02. The van der Waals surface area contributed by atoms with Gasteiger partial charge in [-0.05, 0) is 60.7 Å². The van der Waals surface area contributed by atoms with Gasteiger partial charge in [0.15, 0.2) is 0 Å². The maximum atomic E-state index is 6.46. The molecule has 242 valence electrons. The summed E-state index contributed by atoms with van der Waals surface area (Å²) in [4.78, 5) is 13.6. The molecular formula is C42H24N4O5. The molecule has 0 atom stereocenters. The number of hydrogen-bond acceptors (Lipinski definition) is 9. The smallest absolute Gasteiger partial charge is 0.240 e. The van der Waals surface area contributed by atoms with Crippen molar-refractivity contribution in [1.29, 1.82) is 0 Å². The Morgan fingerprint density at radius 3 is 1.47 bits per heavy atom. The minimum Gasteiger partial charge on any atom is -0.456 e. The number of nitrogens with zero attached hydrogens (tertiary/aromatic N) is 4. The summed E-state index contributed by atoms with van der Waals surface area (Å²) in [6.45, 7) is 0. The zero-order valence-electron chi connectivity index (χ0n) is 26.7. The quantitative estimate of drug-likeness (QED) is 0.172. The van der Waals surface area contributed by atoms with Gasteiger partial charge in [-0.15, -0.1) is 0 Å². The Morgan fingerprint density at radius 2 is 0.902 bits per heavy atom. The molecule has 0 N–H and O–H groups in total. The molecule has 0 bridgehead atoms. The van der Waals surface area contributed by atoms with Crippen molar-refractivity contribution in [1.82, 2.24) is 9.97 Å². The molecule has 0 radical (unpaired) electrons. The SMILES string of the molecule is c1coc(N(c2ccc3c(c2)oc2ccccc23)c2ccc3c(c2)oc2nc(N(c4ccc5c(c4)oc4ccccc45)c4ccco4)ncc23)c1. The minimum atomic E-state index is 0.392. The summed E-state index contributed by atoms with van der Waals surface area (Å²) in [5, 5.41) is 5.90. The van der Waals surface area contributed by atoms with Gasteiger partial charge in [-0.2, -0.15) is 4.98 Å². The van der Waals surface area contributed by atoms with Crippen molar-refractivity contribution in [3.63, 3.8) is 0 Å². The highest BCUT2D eigenvalue weighted by atomic mass is 16.4. The predicted molar refractivity (Wildman–Crippen MR) is 198 cm³/mol. The van der Waals surface area contributed by atoms with Gasteiger partial charge in [0.05, 0.1) is 35.0 Å². The first-order valence-corrected chi connectivity index (χ1v) is 16.4. The van der Waals surface area contributed by atoms with E-state index in [1.807, 2.05) is 113 Å². The molecule has 0 aliphatic heterocycles. The van der Waals surface area contributed by atoms with Gasteiger partial charge >= 0.3 is 0 Å². The van der Waals surface area contributed by atoms with Crippen LogP contribution in [0.1, 0.15) is 0 Å². The molecule has 9 nitrogen and oxygen atoms in total. The molecule has 0 amide bonds. The van der Waals surface area contributed by atoms with Crippen molar-refractivity contribution in [2.75, 3.05) is 9.80 Å². The Labute approximate surface area is 288 Å². The predicted octanol–water partition coefficient (Wildman–Crippen LogP) is 12.3. The number of rotatable bonds is 6. The minimum absolute atomic E-state index is 0.392. The van der Waals surface area contributed by atoms with Crippen LogP contribution in [0.25, 0.3) is 65.9 Å². The van der Waals surface area contributed by atoms with Crippen molar-refractivity contribution in [2.45, 2.75) is 0 Å². The molecule has 51 heavy (non-hydrogen) atoms. The zero-order chi connectivity index (χ0) is 33.5. The third-order valence-electron chi connectivity index (χ3n) is 9.36. The summed E-state index contributed by atoms with van der Waals surface area (Å²) in [6, 6.07) is 41.8. The molecular weight excluding hydrogens is 640 g/mol. The van der Waals surface area contributed by atoms with Gasteiger partial charge in [0, 0.05) is 63.5 Å². The fraction of sp³-hybridized carbons (Fsp3) is 0. The maximum Gasteiger partial charge on any atom is 0.240 e. The van der Waals surface area contributed by atoms with Gasteiger partial charge in [-0.25, -0.2) is 9.88 Å². The number of furan rings is 5. The van der Waals surface area contributed by atoms with E-state index < -0.39 is 0 Å². The van der Waals surface area contributed by atoms with E-state index in [-0.39, 0.29) is 0 Å². The first kappa shape index (κ1) is 27.7. The fourth-order valence-corrected chi connectivity index (χ4v) is 7.04. The summed E-state index contributed by atoms with van der Waals surface area (Å²) in [5.41, 5.74) is 6.83. The van der Waals surface area contributed by atoms with E-state index in [0.717, 1.165) is 71.7 Å². The molecule has 0 aliphatic carbocycles. The first-order chi connectivity index (χ1) is 25.2. The van der Waals surface area contributed by atoms with E-state index in [4.69, 9.17) is 32.1 Å². The normalized spacial score (nSPS) is 11.9. The van der Waals surface area contributed by atoms with Crippen LogP contribution in [0.5, 0.6) is 0 Å². The van der Waals surface area contributed by atoms with Crippen LogP contribution in [0.4, 0.5) is 34.8 Å². The van der Waals surface area contributed by atoms with E-state index in [1.54, 1.807) is 18.7 Å². The van der Waals surface area contributed by atoms with Crippen molar-refractivity contribution in [3.8, 4) is 0 Å². The molecule has 9 heteroatoms. The lowest BCUT2D eigenvalue weighted by atomic mass is 10.1. The maximum absolute atomic E-state index is 6.46. The van der Waals surface area contributed by atoms with Crippen LogP contribution in [-0.4, -0.2) is 9.97 Å². The second kappa shape index (κ2) is 10.6. The van der Waals surface area contributed by atoms with Gasteiger partial charge < -0.3 is 22.1 Å². The molecule has 0 saturated heterocycles. The fourth-order valence-electron chi connectivity index (χ4n) is 7.04. The second-order valence-electron chi connectivity index (χ2n) is 12.3. The molecule has 11 aromatic rings. The number of benzene rings is 5. The monoisotopic (exact) mass is 664 g/mol. The Hall–Kier alpha value is -7.26. The molecule has 11 rings (SSSR count). The van der Waals surface area contributed by atoms with Gasteiger partial charge in [0.25, 0.3) is 0 Å². The van der Waals surface area contributed by atoms with Crippen LogP contribution < -0.4 is 9.80 Å². The van der Waals surface area contributed by atoms with Crippen LogP contribution in [0.2, 0.25) is 0 Å². The molecule has 0 aliphatic rings. The van der Waals surface area contributed by atoms with Crippen molar-refractivity contribution < 1.29 is 22.1 Å². The third-order valence-corrected chi connectivity index (χ3v) is 9.36. The van der Waals surface area contributed by atoms with E-state index in [1.165, 1.54) is 0 Å². The van der Waals surface area contributed by atoms with E-state index in [9.17, 15) is 0 Å². The van der Waals surface area contributed by atoms with Crippen molar-refractivity contribution >= 4 is 101 Å². The third kappa shape index (κ3) is 4.28. The average molecular weight is 665 g/mol. The molecule has 6 aromatic heterocycles. The van der Waals surface area contributed by atoms with Crippen molar-refractivity contribution in [2.24, 2.45) is 0 Å². The van der Waals surface area contributed by atoms with E-state index in [2.05, 4.69) is 24.3 Å². The number of fused-ring (bicyclic) bond motifs is 9. The number of hydrogen-bond donors (Lipinski definition) is 0. The zero-order valence-corrected chi connectivity index (χ0v) is 26.7. The van der Waals surface area contributed by atoms with Gasteiger partial charge in [0.2, 0.25) is 23.4 Å². The summed E-state index contributed by atoms with van der Waals surface area (Å²) in [7, 11) is 0. The lowest BCUT2D eigenvalue weighted by molar-refractivity contribution is 0.571. The molecule has 5 aromatic carbocycles. The largest absolute Gasteiger partial charge is 0.456 e. The highest BCUT2D eigenvalue weighted by Crippen LogP contribution is 2.42.